The number of pyridine rings is 1. The van der Waals surface area contributed by atoms with Crippen LogP contribution in [0.25, 0.3) is 10.9 Å². The van der Waals surface area contributed by atoms with Crippen LogP contribution in [0.15, 0.2) is 61.2 Å². The number of fused-ring (bicyclic) bond motifs is 1. The minimum absolute atomic E-state index is 0.427. The van der Waals surface area contributed by atoms with Crippen LogP contribution in [-0.2, 0) is 13.1 Å². The fourth-order valence-electron chi connectivity index (χ4n) is 4.70. The zero-order valence-corrected chi connectivity index (χ0v) is 19.2. The average Bonchev–Trinajstić information content (AvgIpc) is 3.22. The van der Waals surface area contributed by atoms with Gasteiger partial charge < -0.3 is 14.6 Å². The SMILES string of the molecule is CCn1cc(CN2CCC(c3cncc(Nc4ccccn4)n3)CC2)c2cc(OC)ccc21. The minimum Gasteiger partial charge on any atom is -0.497 e. The van der Waals surface area contributed by atoms with Gasteiger partial charge in [-0.2, -0.15) is 0 Å². The van der Waals surface area contributed by atoms with Crippen molar-refractivity contribution in [1.82, 2.24) is 24.4 Å². The summed E-state index contributed by atoms with van der Waals surface area (Å²) < 4.78 is 7.80. The summed E-state index contributed by atoms with van der Waals surface area (Å²) in [5, 5.41) is 4.54. The van der Waals surface area contributed by atoms with E-state index in [-0.39, 0.29) is 0 Å². The van der Waals surface area contributed by atoms with Gasteiger partial charge in [-0.25, -0.2) is 9.97 Å². The van der Waals surface area contributed by atoms with Gasteiger partial charge in [0.25, 0.3) is 0 Å². The summed E-state index contributed by atoms with van der Waals surface area (Å²) in [4.78, 5) is 16.1. The van der Waals surface area contributed by atoms with E-state index in [9.17, 15) is 0 Å². The molecule has 4 aromatic rings. The quantitative estimate of drug-likeness (QED) is 0.435. The molecule has 0 amide bonds. The predicted molar refractivity (Wildman–Crippen MR) is 131 cm³/mol. The van der Waals surface area contributed by atoms with Crippen molar-refractivity contribution in [2.45, 2.75) is 38.8 Å². The zero-order valence-electron chi connectivity index (χ0n) is 19.2. The molecule has 1 saturated heterocycles. The van der Waals surface area contributed by atoms with Crippen molar-refractivity contribution in [2.24, 2.45) is 0 Å². The Morgan fingerprint density at radius 2 is 1.97 bits per heavy atom. The molecular formula is C26H30N6O. The van der Waals surface area contributed by atoms with Gasteiger partial charge in [0.05, 0.1) is 19.0 Å². The molecule has 0 unspecified atom stereocenters. The number of nitrogens with one attached hydrogen (secondary N) is 1. The number of aromatic nitrogens is 4. The van der Waals surface area contributed by atoms with Gasteiger partial charge >= 0.3 is 0 Å². The topological polar surface area (TPSA) is 68.1 Å². The minimum atomic E-state index is 0.427. The zero-order chi connectivity index (χ0) is 22.6. The molecule has 33 heavy (non-hydrogen) atoms. The highest BCUT2D eigenvalue weighted by Crippen LogP contribution is 2.31. The molecule has 5 rings (SSSR count). The number of aryl methyl sites for hydroxylation is 1. The summed E-state index contributed by atoms with van der Waals surface area (Å²) >= 11 is 0. The fraction of sp³-hybridized carbons (Fsp3) is 0.346. The Morgan fingerprint density at radius 3 is 2.73 bits per heavy atom. The van der Waals surface area contributed by atoms with Gasteiger partial charge in [-0.3, -0.25) is 9.88 Å². The maximum absolute atomic E-state index is 5.48. The molecular weight excluding hydrogens is 412 g/mol. The van der Waals surface area contributed by atoms with Crippen LogP contribution < -0.4 is 10.1 Å². The van der Waals surface area contributed by atoms with Crippen molar-refractivity contribution in [2.75, 3.05) is 25.5 Å². The first kappa shape index (κ1) is 21.4. The molecule has 0 saturated carbocycles. The van der Waals surface area contributed by atoms with E-state index in [1.165, 1.54) is 16.5 Å². The Labute approximate surface area is 194 Å². The maximum Gasteiger partial charge on any atom is 0.150 e. The second kappa shape index (κ2) is 9.58. The molecule has 7 heteroatoms. The van der Waals surface area contributed by atoms with Gasteiger partial charge in [0.2, 0.25) is 0 Å². The van der Waals surface area contributed by atoms with E-state index in [1.54, 1.807) is 19.5 Å². The van der Waals surface area contributed by atoms with E-state index in [1.807, 2.05) is 30.5 Å². The number of methoxy groups -OCH3 is 1. The van der Waals surface area contributed by atoms with Gasteiger partial charge in [-0.15, -0.1) is 0 Å². The Hall–Kier alpha value is -3.45. The van der Waals surface area contributed by atoms with Gasteiger partial charge in [-0.1, -0.05) is 6.07 Å². The maximum atomic E-state index is 5.48. The molecule has 4 heterocycles. The number of likely N-dealkylation sites (tertiary alicyclic amines) is 1. The molecule has 0 bridgehead atoms. The molecule has 1 N–H and O–H groups in total. The van der Waals surface area contributed by atoms with Gasteiger partial charge in [0, 0.05) is 48.5 Å². The average molecular weight is 443 g/mol. The van der Waals surface area contributed by atoms with Crippen molar-refractivity contribution < 1.29 is 4.74 Å². The first-order valence-electron chi connectivity index (χ1n) is 11.6. The third-order valence-corrected chi connectivity index (χ3v) is 6.49. The lowest BCUT2D eigenvalue weighted by molar-refractivity contribution is 0.203. The molecule has 1 aromatic carbocycles. The van der Waals surface area contributed by atoms with Crippen LogP contribution in [-0.4, -0.2) is 44.6 Å². The number of piperidine rings is 1. The molecule has 1 aliphatic heterocycles. The summed E-state index contributed by atoms with van der Waals surface area (Å²) in [5.41, 5.74) is 3.70. The smallest absolute Gasteiger partial charge is 0.150 e. The molecule has 0 radical (unpaired) electrons. The van der Waals surface area contributed by atoms with Crippen molar-refractivity contribution in [1.29, 1.82) is 0 Å². The number of ether oxygens (including phenoxy) is 1. The van der Waals surface area contributed by atoms with Crippen LogP contribution in [0.1, 0.15) is 36.9 Å². The first-order valence-corrected chi connectivity index (χ1v) is 11.6. The largest absolute Gasteiger partial charge is 0.497 e. The molecule has 1 fully saturated rings. The molecule has 3 aromatic heterocycles. The Balaban J connectivity index is 1.25. The van der Waals surface area contributed by atoms with Crippen LogP contribution in [0.3, 0.4) is 0 Å². The van der Waals surface area contributed by atoms with Gasteiger partial charge in [-0.05, 0) is 68.8 Å². The standard InChI is InChI=1S/C26H30N6O/c1-3-32-18-20(22-14-21(33-2)7-8-24(22)32)17-31-12-9-19(10-13-31)23-15-27-16-26(29-23)30-25-6-4-5-11-28-25/h4-8,11,14-16,18-19H,3,9-10,12-13,17H2,1-2H3,(H,28,29,30). The third kappa shape index (κ3) is 4.68. The normalized spacial score (nSPS) is 15.1. The van der Waals surface area contributed by atoms with E-state index < -0.39 is 0 Å². The second-order valence-corrected chi connectivity index (χ2v) is 8.54. The van der Waals surface area contributed by atoms with Crippen LogP contribution in [0.5, 0.6) is 5.75 Å². The van der Waals surface area contributed by atoms with E-state index in [0.717, 1.165) is 62.1 Å². The van der Waals surface area contributed by atoms with E-state index in [2.05, 4.69) is 50.0 Å². The Morgan fingerprint density at radius 1 is 1.09 bits per heavy atom. The number of hydrogen-bond acceptors (Lipinski definition) is 6. The van der Waals surface area contributed by atoms with Crippen molar-refractivity contribution in [3.8, 4) is 5.75 Å². The van der Waals surface area contributed by atoms with E-state index in [0.29, 0.717) is 5.92 Å². The first-order chi connectivity index (χ1) is 16.2. The molecule has 0 atom stereocenters. The lowest BCUT2D eigenvalue weighted by Crippen LogP contribution is -2.32. The predicted octanol–water partition coefficient (Wildman–Crippen LogP) is 4.98. The van der Waals surface area contributed by atoms with Crippen LogP contribution in [0, 0.1) is 0 Å². The summed E-state index contributed by atoms with van der Waals surface area (Å²) in [6.45, 7) is 6.21. The summed E-state index contributed by atoms with van der Waals surface area (Å²) in [6.07, 6.45) is 9.89. The van der Waals surface area contributed by atoms with Crippen LogP contribution in [0.4, 0.5) is 11.6 Å². The molecule has 1 aliphatic rings. The van der Waals surface area contributed by atoms with E-state index >= 15 is 0 Å². The highest BCUT2D eigenvalue weighted by molar-refractivity contribution is 5.85. The highest BCUT2D eigenvalue weighted by Gasteiger charge is 2.23. The molecule has 7 nitrogen and oxygen atoms in total. The van der Waals surface area contributed by atoms with Crippen LogP contribution in [0.2, 0.25) is 0 Å². The Kier molecular flexibility index (Phi) is 6.21. The lowest BCUT2D eigenvalue weighted by atomic mass is 9.93. The number of hydrogen-bond donors (Lipinski definition) is 1. The summed E-state index contributed by atoms with van der Waals surface area (Å²) in [6, 6.07) is 12.2. The Bertz CT molecular complexity index is 1210. The number of anilines is 2. The van der Waals surface area contributed by atoms with Crippen molar-refractivity contribution >= 4 is 22.5 Å². The highest BCUT2D eigenvalue weighted by atomic mass is 16.5. The van der Waals surface area contributed by atoms with Gasteiger partial charge in [0.1, 0.15) is 17.4 Å². The van der Waals surface area contributed by atoms with Crippen LogP contribution >= 0.6 is 0 Å². The second-order valence-electron chi connectivity index (χ2n) is 8.54. The third-order valence-electron chi connectivity index (χ3n) is 6.49. The van der Waals surface area contributed by atoms with Crippen molar-refractivity contribution in [3.05, 3.63) is 72.4 Å². The number of nitrogens with zero attached hydrogens (tertiary/aromatic N) is 5. The number of benzene rings is 1. The lowest BCUT2D eigenvalue weighted by Gasteiger charge is -2.31. The fourth-order valence-corrected chi connectivity index (χ4v) is 4.70. The van der Waals surface area contributed by atoms with Crippen molar-refractivity contribution in [3.63, 3.8) is 0 Å². The monoisotopic (exact) mass is 442 g/mol. The molecule has 0 aliphatic carbocycles. The van der Waals surface area contributed by atoms with Gasteiger partial charge in [0.15, 0.2) is 0 Å². The number of rotatable bonds is 7. The van der Waals surface area contributed by atoms with E-state index in [4.69, 9.17) is 9.72 Å². The molecule has 170 valence electrons. The summed E-state index contributed by atoms with van der Waals surface area (Å²) in [5.74, 6) is 2.86. The summed E-state index contributed by atoms with van der Waals surface area (Å²) in [7, 11) is 1.73. The molecule has 0 spiro atoms.